The molecule has 0 spiro atoms. The molecule has 1 aliphatic carbocycles. The van der Waals surface area contributed by atoms with Crippen LogP contribution in [0, 0.1) is 0 Å². The van der Waals surface area contributed by atoms with Crippen LogP contribution >= 0.6 is 11.3 Å². The van der Waals surface area contributed by atoms with Crippen molar-refractivity contribution in [3.05, 3.63) is 153 Å². The van der Waals surface area contributed by atoms with E-state index in [2.05, 4.69) is 126 Å². The highest BCUT2D eigenvalue weighted by molar-refractivity contribution is 7.10. The van der Waals surface area contributed by atoms with E-state index in [-0.39, 0.29) is 6.04 Å². The van der Waals surface area contributed by atoms with Crippen LogP contribution in [0.5, 0.6) is 11.5 Å². The van der Waals surface area contributed by atoms with E-state index in [1.165, 1.54) is 55.0 Å². The normalized spacial score (nSPS) is 18.0. The highest BCUT2D eigenvalue weighted by Gasteiger charge is 2.38. The Morgan fingerprint density at radius 2 is 1.46 bits per heavy atom. The van der Waals surface area contributed by atoms with E-state index in [0.29, 0.717) is 0 Å². The van der Waals surface area contributed by atoms with Crippen molar-refractivity contribution in [3.63, 3.8) is 0 Å². The van der Waals surface area contributed by atoms with E-state index in [0.717, 1.165) is 24.6 Å². The summed E-state index contributed by atoms with van der Waals surface area (Å²) in [5, 5.41) is 2.19. The van der Waals surface area contributed by atoms with Crippen LogP contribution in [0.15, 0.2) is 115 Å². The van der Waals surface area contributed by atoms with Crippen molar-refractivity contribution in [2.45, 2.75) is 19.1 Å². The van der Waals surface area contributed by atoms with Crippen LogP contribution in [0.3, 0.4) is 0 Å². The first-order valence-corrected chi connectivity index (χ1v) is 14.8. The highest BCUT2D eigenvalue weighted by atomic mass is 32.1. The van der Waals surface area contributed by atoms with Gasteiger partial charge in [-0.1, -0.05) is 91.0 Å². The number of ether oxygens (including phenoxy) is 2. The number of hydrogen-bond donors (Lipinski definition) is 0. The first-order chi connectivity index (χ1) is 20.2. The lowest BCUT2D eigenvalue weighted by Crippen LogP contribution is -2.33. The van der Waals surface area contributed by atoms with Crippen LogP contribution in [-0.2, 0) is 13.1 Å². The summed E-state index contributed by atoms with van der Waals surface area (Å²) in [4.78, 5) is 3.95. The summed E-state index contributed by atoms with van der Waals surface area (Å²) in [7, 11) is 3.44. The minimum absolute atomic E-state index is 0.0640. The third-order valence-corrected chi connectivity index (χ3v) is 9.03. The van der Waals surface area contributed by atoms with E-state index in [9.17, 15) is 0 Å². The molecule has 1 aromatic heterocycles. The molecule has 41 heavy (non-hydrogen) atoms. The average molecular weight is 554 g/mol. The summed E-state index contributed by atoms with van der Waals surface area (Å²) in [5.74, 6) is 1.51. The molecule has 0 amide bonds. The Kier molecular flexibility index (Phi) is 6.79. The van der Waals surface area contributed by atoms with Gasteiger partial charge in [0, 0.05) is 18.0 Å². The van der Waals surface area contributed by atoms with Gasteiger partial charge in [0.05, 0.1) is 20.3 Å². The molecule has 202 valence electrons. The zero-order valence-corrected chi connectivity index (χ0v) is 24.0. The molecule has 1 atom stereocenters. The molecule has 0 fully saturated rings. The van der Waals surface area contributed by atoms with E-state index >= 15 is 0 Å². The zero-order chi connectivity index (χ0) is 27.8. The van der Waals surface area contributed by atoms with Gasteiger partial charge in [0.25, 0.3) is 0 Å². The fourth-order valence-corrected chi connectivity index (χ4v) is 7.17. The second-order valence-corrected chi connectivity index (χ2v) is 11.5. The number of fused-ring (bicyclic) bond motifs is 2. The third-order valence-electron chi connectivity index (χ3n) is 8.11. The average Bonchev–Trinajstić information content (AvgIpc) is 3.69. The van der Waals surface area contributed by atoms with E-state index in [4.69, 9.17) is 9.47 Å². The number of benzene rings is 4. The lowest BCUT2D eigenvalue weighted by Gasteiger charge is -2.40. The Morgan fingerprint density at radius 3 is 2.20 bits per heavy atom. The molecule has 4 aromatic carbocycles. The van der Waals surface area contributed by atoms with Gasteiger partial charge in [-0.05, 0) is 79.8 Å². The Bertz CT molecular complexity index is 1750. The van der Waals surface area contributed by atoms with Crippen molar-refractivity contribution in [1.82, 2.24) is 4.90 Å². The van der Waals surface area contributed by atoms with Crippen molar-refractivity contribution in [2.24, 2.45) is 0 Å². The fraction of sp³-hybridized carbons (Fsp3) is 0.135. The van der Waals surface area contributed by atoms with Crippen LogP contribution in [-0.4, -0.2) is 19.1 Å². The van der Waals surface area contributed by atoms with Gasteiger partial charge < -0.3 is 9.47 Å². The maximum absolute atomic E-state index is 5.87. The predicted molar refractivity (Wildman–Crippen MR) is 170 cm³/mol. The van der Waals surface area contributed by atoms with Crippen LogP contribution in [0.4, 0.5) is 0 Å². The fourth-order valence-electron chi connectivity index (χ4n) is 6.31. The van der Waals surface area contributed by atoms with Crippen molar-refractivity contribution in [1.29, 1.82) is 0 Å². The minimum atomic E-state index is 0.0640. The summed E-state index contributed by atoms with van der Waals surface area (Å²) in [6.45, 7) is 1.63. The number of nitrogens with zero attached hydrogens (tertiary/aromatic N) is 1. The van der Waals surface area contributed by atoms with Crippen molar-refractivity contribution < 1.29 is 9.47 Å². The van der Waals surface area contributed by atoms with Crippen molar-refractivity contribution in [2.75, 3.05) is 14.2 Å². The first kappa shape index (κ1) is 25.6. The molecule has 0 bridgehead atoms. The molecule has 0 radical (unpaired) electrons. The molecule has 3 nitrogen and oxygen atoms in total. The van der Waals surface area contributed by atoms with Gasteiger partial charge in [0.2, 0.25) is 0 Å². The zero-order valence-electron chi connectivity index (χ0n) is 23.2. The molecular weight excluding hydrogens is 522 g/mol. The topological polar surface area (TPSA) is 21.7 Å². The molecule has 0 saturated carbocycles. The van der Waals surface area contributed by atoms with Gasteiger partial charge in [-0.2, -0.15) is 0 Å². The van der Waals surface area contributed by atoms with Gasteiger partial charge >= 0.3 is 0 Å². The molecule has 5 aromatic rings. The Balaban J connectivity index is 1.56. The molecule has 0 saturated heterocycles. The molecule has 2 aliphatic rings. The molecule has 1 aliphatic heterocycles. The maximum Gasteiger partial charge on any atom is 0.161 e. The first-order valence-electron chi connectivity index (χ1n) is 13.9. The summed E-state index contributed by atoms with van der Waals surface area (Å²) < 4.78 is 11.7. The van der Waals surface area contributed by atoms with E-state index < -0.39 is 0 Å². The number of allylic oxidation sites excluding steroid dienone is 2. The van der Waals surface area contributed by atoms with Gasteiger partial charge in [-0.15, -0.1) is 11.3 Å². The quantitative estimate of drug-likeness (QED) is 0.209. The SMILES string of the molecule is COc1cc2c(cc1OC)/C(=C1/C(c3ccccc3)=Cc3ccccc31)C(c1cccs1)N(Cc1ccccc1)C2. The molecule has 2 heterocycles. The van der Waals surface area contributed by atoms with Crippen molar-refractivity contribution in [3.8, 4) is 11.5 Å². The maximum atomic E-state index is 5.87. The smallest absolute Gasteiger partial charge is 0.161 e. The minimum Gasteiger partial charge on any atom is -0.493 e. The molecule has 7 rings (SSSR count). The van der Waals surface area contributed by atoms with Gasteiger partial charge in [-0.3, -0.25) is 4.90 Å². The highest BCUT2D eigenvalue weighted by Crippen LogP contribution is 2.54. The third kappa shape index (κ3) is 4.59. The lowest BCUT2D eigenvalue weighted by molar-refractivity contribution is 0.213. The molecular formula is C37H31NO2S. The Labute approximate surface area is 245 Å². The monoisotopic (exact) mass is 553 g/mol. The lowest BCUT2D eigenvalue weighted by atomic mass is 9.80. The van der Waals surface area contributed by atoms with Gasteiger partial charge in [0.15, 0.2) is 11.5 Å². The van der Waals surface area contributed by atoms with Crippen LogP contribution < -0.4 is 9.47 Å². The standard InChI is InChI=1S/C37H31NO2S/c1-39-32-21-28-24-38(23-25-12-5-3-6-13-25)37(34-18-11-19-41-34)36(31(28)22-33(32)40-2)35-29-17-10-9-16-27(29)20-30(35)26-14-7-4-8-15-26/h3-22,37H,23-24H2,1-2H3/b36-35-. The Morgan fingerprint density at radius 1 is 0.756 bits per heavy atom. The van der Waals surface area contributed by atoms with E-state index in [1.807, 2.05) is 11.3 Å². The van der Waals surface area contributed by atoms with Gasteiger partial charge in [-0.25, -0.2) is 0 Å². The number of methoxy groups -OCH3 is 2. The number of rotatable bonds is 6. The summed E-state index contributed by atoms with van der Waals surface area (Å²) >= 11 is 1.83. The molecule has 1 unspecified atom stereocenters. The predicted octanol–water partition coefficient (Wildman–Crippen LogP) is 8.99. The van der Waals surface area contributed by atoms with Crippen molar-refractivity contribution >= 4 is 34.1 Å². The largest absolute Gasteiger partial charge is 0.493 e. The summed E-state index contributed by atoms with van der Waals surface area (Å²) in [6.07, 6.45) is 2.36. The summed E-state index contributed by atoms with van der Waals surface area (Å²) in [5.41, 5.74) is 11.4. The van der Waals surface area contributed by atoms with Crippen LogP contribution in [0.25, 0.3) is 22.8 Å². The van der Waals surface area contributed by atoms with Gasteiger partial charge in [0.1, 0.15) is 0 Å². The van der Waals surface area contributed by atoms with Crippen LogP contribution in [0.1, 0.15) is 44.3 Å². The molecule has 4 heteroatoms. The molecule has 0 N–H and O–H groups in total. The van der Waals surface area contributed by atoms with E-state index in [1.54, 1.807) is 14.2 Å². The van der Waals surface area contributed by atoms with Crippen LogP contribution in [0.2, 0.25) is 0 Å². The summed E-state index contributed by atoms with van der Waals surface area (Å²) in [6, 6.07) is 39.2. The number of hydrogen-bond acceptors (Lipinski definition) is 4. The Hall–Kier alpha value is -4.38. The number of thiophene rings is 1. The second kappa shape index (κ2) is 10.9. The second-order valence-electron chi connectivity index (χ2n) is 10.5.